The van der Waals surface area contributed by atoms with Crippen LogP contribution in [-0.2, 0) is 11.3 Å². The van der Waals surface area contributed by atoms with E-state index in [1.807, 2.05) is 31.2 Å². The van der Waals surface area contributed by atoms with Crippen molar-refractivity contribution < 1.29 is 14.1 Å². The number of thiophene rings is 1. The zero-order valence-electron chi connectivity index (χ0n) is 19.7. The topological polar surface area (TPSA) is 120 Å². The Morgan fingerprint density at radius 3 is 2.61 bits per heavy atom. The highest BCUT2D eigenvalue weighted by Crippen LogP contribution is 2.35. The van der Waals surface area contributed by atoms with E-state index in [2.05, 4.69) is 20.4 Å². The summed E-state index contributed by atoms with van der Waals surface area (Å²) >= 11 is 1.29. The molecule has 0 spiro atoms. The summed E-state index contributed by atoms with van der Waals surface area (Å²) in [6.45, 7) is 5.05. The average molecular weight is 500 g/mol. The van der Waals surface area contributed by atoms with E-state index in [0.29, 0.717) is 43.6 Å². The van der Waals surface area contributed by atoms with Crippen LogP contribution in [0.25, 0.3) is 32.4 Å². The molecule has 0 aliphatic heterocycles. The van der Waals surface area contributed by atoms with Crippen molar-refractivity contribution >= 4 is 38.9 Å². The number of benzene rings is 2. The molecule has 3 heterocycles. The van der Waals surface area contributed by atoms with Crippen LogP contribution in [0.5, 0.6) is 0 Å². The Balaban J connectivity index is 1.40. The van der Waals surface area contributed by atoms with Gasteiger partial charge in [0.15, 0.2) is 5.78 Å². The van der Waals surface area contributed by atoms with Gasteiger partial charge in [-0.3, -0.25) is 19.0 Å². The van der Waals surface area contributed by atoms with Gasteiger partial charge in [-0.15, -0.1) is 11.3 Å². The number of nitrogens with one attached hydrogen (secondary N) is 1. The highest BCUT2D eigenvalue weighted by atomic mass is 32.1. The molecule has 9 nitrogen and oxygen atoms in total. The van der Waals surface area contributed by atoms with E-state index in [4.69, 9.17) is 4.52 Å². The number of anilines is 1. The molecule has 0 atom stereocenters. The molecular weight excluding hydrogens is 478 g/mol. The number of hydrogen-bond donors (Lipinski definition) is 1. The quantitative estimate of drug-likeness (QED) is 0.338. The number of ketones is 1. The number of carbonyl (C=O) groups is 2. The minimum atomic E-state index is -0.387. The summed E-state index contributed by atoms with van der Waals surface area (Å²) in [6, 6.07) is 14.3. The molecule has 0 fully saturated rings. The monoisotopic (exact) mass is 499 g/mol. The SMILES string of the molecule is CC(=O)c1ccc(NC(=O)Cn2cnc3sc(-c4nc(-c5cccc(C)c5)no4)c(C)c3c2=O)cc1. The molecule has 180 valence electrons. The van der Waals surface area contributed by atoms with Gasteiger partial charge in [0, 0.05) is 16.8 Å². The molecule has 0 aliphatic rings. The number of aryl methyl sites for hydroxylation is 2. The third-order valence-electron chi connectivity index (χ3n) is 5.70. The summed E-state index contributed by atoms with van der Waals surface area (Å²) in [5, 5.41) is 7.23. The van der Waals surface area contributed by atoms with E-state index in [0.717, 1.165) is 11.1 Å². The molecular formula is C26H21N5O4S. The molecule has 3 aromatic heterocycles. The molecule has 1 N–H and O–H groups in total. The zero-order chi connectivity index (χ0) is 25.4. The van der Waals surface area contributed by atoms with E-state index in [1.54, 1.807) is 31.2 Å². The van der Waals surface area contributed by atoms with Gasteiger partial charge in [-0.1, -0.05) is 28.9 Å². The summed E-state index contributed by atoms with van der Waals surface area (Å²) in [7, 11) is 0. The van der Waals surface area contributed by atoms with Crippen molar-refractivity contribution in [2.45, 2.75) is 27.3 Å². The van der Waals surface area contributed by atoms with Crippen molar-refractivity contribution in [2.24, 2.45) is 0 Å². The maximum absolute atomic E-state index is 13.2. The standard InChI is InChI=1S/C26H21N5O4S/c1-14-5-4-6-18(11-14)23-29-24(35-30-23)22-15(2)21-25(36-22)27-13-31(26(21)34)12-20(33)28-19-9-7-17(8-10-19)16(3)32/h4-11,13H,12H2,1-3H3,(H,28,33). The minimum Gasteiger partial charge on any atom is -0.333 e. The van der Waals surface area contributed by atoms with E-state index in [9.17, 15) is 14.4 Å². The maximum Gasteiger partial charge on any atom is 0.268 e. The second-order valence-corrected chi connectivity index (χ2v) is 9.39. The normalized spacial score (nSPS) is 11.1. The predicted octanol–water partition coefficient (Wildman–Crippen LogP) is 4.63. The first-order valence-corrected chi connectivity index (χ1v) is 11.9. The molecule has 0 unspecified atom stereocenters. The lowest BCUT2D eigenvalue weighted by atomic mass is 10.1. The smallest absolute Gasteiger partial charge is 0.268 e. The average Bonchev–Trinajstić information content (AvgIpc) is 3.46. The number of nitrogens with zero attached hydrogens (tertiary/aromatic N) is 4. The Labute approximate surface area is 209 Å². The zero-order valence-corrected chi connectivity index (χ0v) is 20.5. The Bertz CT molecular complexity index is 1680. The van der Waals surface area contributed by atoms with Crippen molar-refractivity contribution in [3.8, 4) is 22.2 Å². The van der Waals surface area contributed by atoms with Crippen molar-refractivity contribution in [1.29, 1.82) is 0 Å². The van der Waals surface area contributed by atoms with Crippen LogP contribution < -0.4 is 10.9 Å². The molecule has 0 bridgehead atoms. The lowest BCUT2D eigenvalue weighted by molar-refractivity contribution is -0.116. The van der Waals surface area contributed by atoms with Crippen molar-refractivity contribution in [3.63, 3.8) is 0 Å². The lowest BCUT2D eigenvalue weighted by Crippen LogP contribution is -2.27. The molecule has 0 saturated heterocycles. The van der Waals surface area contributed by atoms with Crippen LogP contribution in [0.3, 0.4) is 0 Å². The second-order valence-electron chi connectivity index (χ2n) is 8.39. The summed E-state index contributed by atoms with van der Waals surface area (Å²) in [5.74, 6) is 0.325. The van der Waals surface area contributed by atoms with Gasteiger partial charge >= 0.3 is 0 Å². The number of hydrogen-bond acceptors (Lipinski definition) is 8. The molecule has 5 rings (SSSR count). The Morgan fingerprint density at radius 2 is 1.89 bits per heavy atom. The largest absolute Gasteiger partial charge is 0.333 e. The Hall–Kier alpha value is -4.44. The van der Waals surface area contributed by atoms with Crippen LogP contribution in [0.4, 0.5) is 5.69 Å². The number of rotatable bonds is 6. The lowest BCUT2D eigenvalue weighted by Gasteiger charge is -2.08. The van der Waals surface area contributed by atoms with Crippen molar-refractivity contribution in [3.05, 3.63) is 81.9 Å². The summed E-state index contributed by atoms with van der Waals surface area (Å²) < 4.78 is 6.77. The van der Waals surface area contributed by atoms with E-state index >= 15 is 0 Å². The van der Waals surface area contributed by atoms with Gasteiger partial charge in [0.1, 0.15) is 11.4 Å². The third-order valence-corrected chi connectivity index (χ3v) is 6.89. The summed E-state index contributed by atoms with van der Waals surface area (Å²) in [5.41, 5.74) is 3.34. The fourth-order valence-corrected chi connectivity index (χ4v) is 4.90. The molecule has 1 amide bonds. The van der Waals surface area contributed by atoms with Gasteiger partial charge in [-0.25, -0.2) is 4.98 Å². The van der Waals surface area contributed by atoms with Crippen molar-refractivity contribution in [1.82, 2.24) is 19.7 Å². The summed E-state index contributed by atoms with van der Waals surface area (Å²) in [6.07, 6.45) is 1.36. The van der Waals surface area contributed by atoms with Gasteiger partial charge in [-0.05, 0) is 56.7 Å². The minimum absolute atomic E-state index is 0.0591. The van der Waals surface area contributed by atoms with Gasteiger partial charge < -0.3 is 9.84 Å². The predicted molar refractivity (Wildman–Crippen MR) is 137 cm³/mol. The number of amides is 1. The molecule has 5 aromatic rings. The first-order valence-electron chi connectivity index (χ1n) is 11.1. The van der Waals surface area contributed by atoms with Crippen LogP contribution >= 0.6 is 11.3 Å². The number of aromatic nitrogens is 4. The van der Waals surface area contributed by atoms with Crippen LogP contribution in [0.2, 0.25) is 0 Å². The highest BCUT2D eigenvalue weighted by molar-refractivity contribution is 7.22. The molecule has 0 aliphatic carbocycles. The maximum atomic E-state index is 13.2. The second kappa shape index (κ2) is 9.31. The number of carbonyl (C=O) groups excluding carboxylic acids is 2. The molecule has 0 radical (unpaired) electrons. The van der Waals surface area contributed by atoms with Gasteiger partial charge in [0.05, 0.1) is 16.6 Å². The first kappa shape index (κ1) is 23.3. The van der Waals surface area contributed by atoms with Crippen LogP contribution in [-0.4, -0.2) is 31.4 Å². The molecule has 36 heavy (non-hydrogen) atoms. The van der Waals surface area contributed by atoms with Crippen LogP contribution in [0.15, 0.2) is 64.2 Å². The van der Waals surface area contributed by atoms with Crippen LogP contribution in [0.1, 0.15) is 28.4 Å². The summed E-state index contributed by atoms with van der Waals surface area (Å²) in [4.78, 5) is 47.3. The highest BCUT2D eigenvalue weighted by Gasteiger charge is 2.21. The molecule has 10 heteroatoms. The van der Waals surface area contributed by atoms with Gasteiger partial charge in [-0.2, -0.15) is 4.98 Å². The fourth-order valence-electron chi connectivity index (χ4n) is 3.84. The fraction of sp³-hybridized carbons (Fsp3) is 0.154. The van der Waals surface area contributed by atoms with Gasteiger partial charge in [0.25, 0.3) is 11.4 Å². The van der Waals surface area contributed by atoms with Crippen molar-refractivity contribution in [2.75, 3.05) is 5.32 Å². The van der Waals surface area contributed by atoms with E-state index < -0.39 is 0 Å². The van der Waals surface area contributed by atoms with E-state index in [-0.39, 0.29) is 23.8 Å². The third kappa shape index (κ3) is 4.46. The van der Waals surface area contributed by atoms with Gasteiger partial charge in [0.2, 0.25) is 11.7 Å². The number of Topliss-reactive ketones (excluding diaryl/α,β-unsaturated/α-hetero) is 1. The van der Waals surface area contributed by atoms with Crippen LogP contribution in [0, 0.1) is 13.8 Å². The van der Waals surface area contributed by atoms with E-state index in [1.165, 1.54) is 29.2 Å². The first-order chi connectivity index (χ1) is 17.3. The molecule has 2 aromatic carbocycles. The Morgan fingerprint density at radius 1 is 1.11 bits per heavy atom. The Kier molecular flexibility index (Phi) is 6.03. The molecule has 0 saturated carbocycles. The number of fused-ring (bicyclic) bond motifs is 1.